The third-order valence-electron chi connectivity index (χ3n) is 3.49. The third-order valence-corrected chi connectivity index (χ3v) is 3.49. The van der Waals surface area contributed by atoms with Crippen molar-refractivity contribution >= 4 is 6.72 Å². The highest BCUT2D eigenvalue weighted by Gasteiger charge is 2.44. The van der Waals surface area contributed by atoms with Crippen molar-refractivity contribution in [2.75, 3.05) is 32.8 Å². The Morgan fingerprint density at radius 3 is 2.50 bits per heavy atom. The van der Waals surface area contributed by atoms with Gasteiger partial charge in [0.05, 0.1) is 19.8 Å². The SMILES string of the molecule is C=NN1CC2(COC2)CN(C(C)C)CC1=C. The van der Waals surface area contributed by atoms with Gasteiger partial charge in [-0.05, 0) is 13.8 Å². The number of hydrazone groups is 1. The highest BCUT2D eigenvalue weighted by atomic mass is 16.5. The molecule has 0 saturated carbocycles. The van der Waals surface area contributed by atoms with Gasteiger partial charge in [0.2, 0.25) is 0 Å². The summed E-state index contributed by atoms with van der Waals surface area (Å²) in [7, 11) is 0. The molecule has 16 heavy (non-hydrogen) atoms. The molecule has 2 fully saturated rings. The molecule has 0 unspecified atom stereocenters. The smallest absolute Gasteiger partial charge is 0.0575 e. The summed E-state index contributed by atoms with van der Waals surface area (Å²) in [5, 5.41) is 6.00. The second kappa shape index (κ2) is 4.18. The van der Waals surface area contributed by atoms with Gasteiger partial charge in [0.25, 0.3) is 0 Å². The van der Waals surface area contributed by atoms with Crippen LogP contribution in [0.15, 0.2) is 17.4 Å². The Hall–Kier alpha value is -0.870. The molecule has 0 bridgehead atoms. The van der Waals surface area contributed by atoms with E-state index in [2.05, 4.69) is 37.1 Å². The van der Waals surface area contributed by atoms with Gasteiger partial charge in [-0.3, -0.25) is 9.91 Å². The highest BCUT2D eigenvalue weighted by molar-refractivity contribution is 5.24. The normalized spacial score (nSPS) is 25.7. The van der Waals surface area contributed by atoms with Crippen molar-refractivity contribution in [1.29, 1.82) is 0 Å². The molecule has 2 saturated heterocycles. The van der Waals surface area contributed by atoms with Crippen LogP contribution in [0.1, 0.15) is 13.8 Å². The van der Waals surface area contributed by atoms with Crippen molar-refractivity contribution in [2.45, 2.75) is 19.9 Å². The molecule has 90 valence electrons. The van der Waals surface area contributed by atoms with Crippen LogP contribution in [-0.2, 0) is 4.74 Å². The van der Waals surface area contributed by atoms with Crippen molar-refractivity contribution in [3.63, 3.8) is 0 Å². The van der Waals surface area contributed by atoms with Crippen molar-refractivity contribution in [1.82, 2.24) is 9.91 Å². The Kier molecular flexibility index (Phi) is 3.04. The summed E-state index contributed by atoms with van der Waals surface area (Å²) in [5.41, 5.74) is 1.26. The van der Waals surface area contributed by atoms with Crippen LogP contribution in [0.2, 0.25) is 0 Å². The summed E-state index contributed by atoms with van der Waals surface area (Å²) >= 11 is 0. The first-order valence-corrected chi connectivity index (χ1v) is 5.80. The molecule has 0 radical (unpaired) electrons. The summed E-state index contributed by atoms with van der Waals surface area (Å²) in [5.74, 6) is 0. The molecule has 0 N–H and O–H groups in total. The Balaban J connectivity index is 2.18. The van der Waals surface area contributed by atoms with E-state index in [9.17, 15) is 0 Å². The van der Waals surface area contributed by atoms with Gasteiger partial charge in [-0.2, -0.15) is 5.10 Å². The van der Waals surface area contributed by atoms with E-state index in [-0.39, 0.29) is 5.41 Å². The van der Waals surface area contributed by atoms with E-state index in [0.717, 1.165) is 38.5 Å². The van der Waals surface area contributed by atoms with Crippen LogP contribution in [0.5, 0.6) is 0 Å². The van der Waals surface area contributed by atoms with Gasteiger partial charge in [-0.1, -0.05) is 6.58 Å². The van der Waals surface area contributed by atoms with E-state index in [4.69, 9.17) is 4.74 Å². The average molecular weight is 223 g/mol. The summed E-state index contributed by atoms with van der Waals surface area (Å²) in [6, 6.07) is 0.527. The Labute approximate surface area is 97.6 Å². The standard InChI is InChI=1S/C12H21N3O/c1-10(2)14-5-11(3)15(13-4)7-12(6-14)8-16-9-12/h10H,3-9H2,1-2H3. The van der Waals surface area contributed by atoms with E-state index in [0.29, 0.717) is 6.04 Å². The monoisotopic (exact) mass is 223 g/mol. The first-order chi connectivity index (χ1) is 7.56. The zero-order valence-electron chi connectivity index (χ0n) is 10.3. The predicted molar refractivity (Wildman–Crippen MR) is 65.4 cm³/mol. The van der Waals surface area contributed by atoms with Gasteiger partial charge in [0, 0.05) is 37.0 Å². The van der Waals surface area contributed by atoms with E-state index >= 15 is 0 Å². The topological polar surface area (TPSA) is 28.1 Å². The van der Waals surface area contributed by atoms with Crippen LogP contribution in [-0.4, -0.2) is 55.5 Å². The fourth-order valence-corrected chi connectivity index (χ4v) is 2.37. The van der Waals surface area contributed by atoms with Crippen LogP contribution in [0.25, 0.3) is 0 Å². The first-order valence-electron chi connectivity index (χ1n) is 5.80. The van der Waals surface area contributed by atoms with Crippen LogP contribution in [0.4, 0.5) is 0 Å². The lowest BCUT2D eigenvalue weighted by Gasteiger charge is -2.44. The molecule has 2 heterocycles. The van der Waals surface area contributed by atoms with E-state index in [1.807, 2.05) is 5.01 Å². The molecule has 1 spiro atoms. The zero-order chi connectivity index (χ0) is 11.8. The van der Waals surface area contributed by atoms with Crippen LogP contribution in [0.3, 0.4) is 0 Å². The fourth-order valence-electron chi connectivity index (χ4n) is 2.37. The molecule has 4 heteroatoms. The lowest BCUT2D eigenvalue weighted by Crippen LogP contribution is -2.54. The van der Waals surface area contributed by atoms with Gasteiger partial charge in [-0.25, -0.2) is 0 Å². The Morgan fingerprint density at radius 2 is 2.06 bits per heavy atom. The molecular weight excluding hydrogens is 202 g/mol. The summed E-state index contributed by atoms with van der Waals surface area (Å²) in [6.07, 6.45) is 0. The quantitative estimate of drug-likeness (QED) is 0.658. The molecule has 0 aliphatic carbocycles. The van der Waals surface area contributed by atoms with Crippen molar-refractivity contribution in [3.8, 4) is 0 Å². The second-order valence-corrected chi connectivity index (χ2v) is 5.26. The number of nitrogens with zero attached hydrogens (tertiary/aromatic N) is 3. The van der Waals surface area contributed by atoms with E-state index < -0.39 is 0 Å². The number of hydrogen-bond donors (Lipinski definition) is 0. The van der Waals surface area contributed by atoms with Crippen LogP contribution in [0, 0.1) is 5.41 Å². The zero-order valence-corrected chi connectivity index (χ0v) is 10.3. The summed E-state index contributed by atoms with van der Waals surface area (Å²) in [6.45, 7) is 16.6. The average Bonchev–Trinajstić information content (AvgIpc) is 2.34. The Bertz CT molecular complexity index is 297. The molecule has 0 aromatic heterocycles. The van der Waals surface area contributed by atoms with Gasteiger partial charge < -0.3 is 4.74 Å². The minimum absolute atomic E-state index is 0.227. The fraction of sp³-hybridized carbons (Fsp3) is 0.750. The van der Waals surface area contributed by atoms with Crippen LogP contribution < -0.4 is 0 Å². The van der Waals surface area contributed by atoms with Gasteiger partial charge >= 0.3 is 0 Å². The summed E-state index contributed by atoms with van der Waals surface area (Å²) < 4.78 is 5.38. The third kappa shape index (κ3) is 1.99. The number of hydrogen-bond acceptors (Lipinski definition) is 4. The second-order valence-electron chi connectivity index (χ2n) is 5.26. The summed E-state index contributed by atoms with van der Waals surface area (Å²) in [4.78, 5) is 2.44. The van der Waals surface area contributed by atoms with Crippen molar-refractivity contribution in [2.24, 2.45) is 10.5 Å². The molecule has 4 nitrogen and oxygen atoms in total. The molecule has 0 aromatic rings. The molecule has 2 aliphatic rings. The van der Waals surface area contributed by atoms with E-state index in [1.54, 1.807) is 0 Å². The molecule has 2 rings (SSSR count). The minimum atomic E-state index is 0.227. The number of ether oxygens (including phenoxy) is 1. The first kappa shape index (κ1) is 11.6. The van der Waals surface area contributed by atoms with Gasteiger partial charge in [-0.15, -0.1) is 0 Å². The predicted octanol–water partition coefficient (Wildman–Crippen LogP) is 1.16. The van der Waals surface area contributed by atoms with Crippen molar-refractivity contribution < 1.29 is 4.74 Å². The maximum atomic E-state index is 5.38. The molecular formula is C12H21N3O. The molecule has 0 aromatic carbocycles. The minimum Gasteiger partial charge on any atom is -0.380 e. The van der Waals surface area contributed by atoms with Crippen LogP contribution >= 0.6 is 0 Å². The van der Waals surface area contributed by atoms with Crippen molar-refractivity contribution in [3.05, 3.63) is 12.3 Å². The number of rotatable bonds is 2. The largest absolute Gasteiger partial charge is 0.380 e. The Morgan fingerprint density at radius 1 is 1.38 bits per heavy atom. The lowest BCUT2D eigenvalue weighted by molar-refractivity contribution is -0.130. The molecule has 2 aliphatic heterocycles. The maximum Gasteiger partial charge on any atom is 0.0575 e. The molecule has 0 atom stereocenters. The van der Waals surface area contributed by atoms with Gasteiger partial charge in [0.15, 0.2) is 0 Å². The van der Waals surface area contributed by atoms with E-state index in [1.165, 1.54) is 0 Å². The van der Waals surface area contributed by atoms with Gasteiger partial charge in [0.1, 0.15) is 0 Å². The maximum absolute atomic E-state index is 5.38. The lowest BCUT2D eigenvalue weighted by atomic mass is 9.85. The molecule has 0 amide bonds. The highest BCUT2D eigenvalue weighted by Crippen LogP contribution is 2.34.